The third kappa shape index (κ3) is 2.15. The molecule has 0 aromatic carbocycles. The number of esters is 1. The number of nitrogens with zero attached hydrogens (tertiary/aromatic N) is 3. The number of hydrogen-bond acceptors (Lipinski definition) is 6. The van der Waals surface area contributed by atoms with Gasteiger partial charge in [-0.1, -0.05) is 6.92 Å². The summed E-state index contributed by atoms with van der Waals surface area (Å²) in [5.41, 5.74) is 5.77. The van der Waals surface area contributed by atoms with Crippen LogP contribution < -0.4 is 10.6 Å². The van der Waals surface area contributed by atoms with Crippen molar-refractivity contribution in [3.8, 4) is 0 Å². The van der Waals surface area contributed by atoms with Crippen molar-refractivity contribution in [1.29, 1.82) is 0 Å². The van der Waals surface area contributed by atoms with Gasteiger partial charge >= 0.3 is 5.97 Å². The second-order valence-electron chi connectivity index (χ2n) is 4.28. The van der Waals surface area contributed by atoms with E-state index in [1.54, 1.807) is 12.4 Å². The monoisotopic (exact) mass is 236 g/mol. The summed E-state index contributed by atoms with van der Waals surface area (Å²) in [7, 11) is 1.41. The van der Waals surface area contributed by atoms with Crippen molar-refractivity contribution >= 4 is 17.6 Å². The van der Waals surface area contributed by atoms with E-state index in [0.717, 1.165) is 6.54 Å². The minimum absolute atomic E-state index is 0.124. The Hall–Kier alpha value is -1.85. The molecule has 1 aromatic heterocycles. The Morgan fingerprint density at radius 1 is 1.47 bits per heavy atom. The SMILES string of the molecule is COC(=O)C1CN(c2nccnc2N)CC1C. The van der Waals surface area contributed by atoms with E-state index < -0.39 is 0 Å². The maximum Gasteiger partial charge on any atom is 0.310 e. The summed E-state index contributed by atoms with van der Waals surface area (Å²) < 4.78 is 4.79. The standard InChI is InChI=1S/C11H16N4O2/c1-7-5-15(6-8(7)11(16)17-2)10-9(12)13-3-4-14-10/h3-4,7-8H,5-6H2,1-2H3,(H2,12,13). The second-order valence-corrected chi connectivity index (χ2v) is 4.28. The van der Waals surface area contributed by atoms with Crippen LogP contribution in [0.25, 0.3) is 0 Å². The van der Waals surface area contributed by atoms with Crippen LogP contribution in [0.3, 0.4) is 0 Å². The van der Waals surface area contributed by atoms with Gasteiger partial charge in [-0.15, -0.1) is 0 Å². The van der Waals surface area contributed by atoms with Gasteiger partial charge in [-0.25, -0.2) is 9.97 Å². The van der Waals surface area contributed by atoms with Gasteiger partial charge in [-0.2, -0.15) is 0 Å². The Labute approximate surface area is 99.8 Å². The Kier molecular flexibility index (Phi) is 3.12. The van der Waals surface area contributed by atoms with Crippen LogP contribution in [0.5, 0.6) is 0 Å². The number of aromatic nitrogens is 2. The predicted octanol–water partition coefficient (Wildman–Crippen LogP) is 0.304. The Morgan fingerprint density at radius 3 is 2.82 bits per heavy atom. The molecule has 0 aliphatic carbocycles. The minimum Gasteiger partial charge on any atom is -0.469 e. The van der Waals surface area contributed by atoms with Crippen LogP contribution in [-0.2, 0) is 9.53 Å². The summed E-state index contributed by atoms with van der Waals surface area (Å²) in [5, 5.41) is 0. The third-order valence-corrected chi connectivity index (χ3v) is 3.12. The maximum atomic E-state index is 11.6. The van der Waals surface area contributed by atoms with E-state index in [-0.39, 0.29) is 17.8 Å². The molecule has 2 unspecified atom stereocenters. The second kappa shape index (κ2) is 4.57. The van der Waals surface area contributed by atoms with Gasteiger partial charge in [0.25, 0.3) is 0 Å². The number of nitrogen functional groups attached to an aromatic ring is 1. The Morgan fingerprint density at radius 2 is 2.18 bits per heavy atom. The number of carbonyl (C=O) groups is 1. The van der Waals surface area contributed by atoms with Crippen molar-refractivity contribution in [2.45, 2.75) is 6.92 Å². The van der Waals surface area contributed by atoms with Gasteiger partial charge in [0.1, 0.15) is 0 Å². The van der Waals surface area contributed by atoms with Gasteiger partial charge in [0.2, 0.25) is 0 Å². The molecule has 6 heteroatoms. The highest BCUT2D eigenvalue weighted by Crippen LogP contribution is 2.29. The molecule has 2 heterocycles. The number of rotatable bonds is 2. The molecule has 92 valence electrons. The summed E-state index contributed by atoms with van der Waals surface area (Å²) in [6.45, 7) is 3.34. The average molecular weight is 236 g/mol. The zero-order valence-corrected chi connectivity index (χ0v) is 9.96. The molecule has 1 aliphatic heterocycles. The van der Waals surface area contributed by atoms with E-state index in [1.165, 1.54) is 7.11 Å². The first kappa shape index (κ1) is 11.6. The topological polar surface area (TPSA) is 81.3 Å². The molecule has 1 fully saturated rings. The molecule has 17 heavy (non-hydrogen) atoms. The van der Waals surface area contributed by atoms with Gasteiger partial charge in [0, 0.05) is 25.5 Å². The fourth-order valence-corrected chi connectivity index (χ4v) is 2.18. The molecule has 0 amide bonds. The fourth-order valence-electron chi connectivity index (χ4n) is 2.18. The zero-order valence-electron chi connectivity index (χ0n) is 9.96. The Balaban J connectivity index is 2.17. The predicted molar refractivity (Wildman–Crippen MR) is 63.3 cm³/mol. The highest BCUT2D eigenvalue weighted by molar-refractivity contribution is 5.75. The summed E-state index contributed by atoms with van der Waals surface area (Å²) >= 11 is 0. The van der Waals surface area contributed by atoms with Gasteiger partial charge in [-0.05, 0) is 5.92 Å². The van der Waals surface area contributed by atoms with E-state index in [9.17, 15) is 4.79 Å². The Bertz CT molecular complexity index is 424. The first-order valence-electron chi connectivity index (χ1n) is 5.52. The number of methoxy groups -OCH3 is 1. The highest BCUT2D eigenvalue weighted by atomic mass is 16.5. The summed E-state index contributed by atoms with van der Waals surface area (Å²) in [4.78, 5) is 21.7. The lowest BCUT2D eigenvalue weighted by Crippen LogP contribution is -2.25. The van der Waals surface area contributed by atoms with E-state index in [4.69, 9.17) is 10.5 Å². The number of ether oxygens (including phenoxy) is 1. The largest absolute Gasteiger partial charge is 0.469 e. The minimum atomic E-state index is -0.178. The zero-order chi connectivity index (χ0) is 12.4. The van der Waals surface area contributed by atoms with Crippen molar-refractivity contribution in [2.75, 3.05) is 30.8 Å². The first-order chi connectivity index (χ1) is 8.13. The molecule has 1 aromatic rings. The molecule has 1 aliphatic rings. The smallest absolute Gasteiger partial charge is 0.310 e. The van der Waals surface area contributed by atoms with Crippen LogP contribution in [-0.4, -0.2) is 36.1 Å². The lowest BCUT2D eigenvalue weighted by atomic mass is 9.99. The normalized spacial score (nSPS) is 23.8. The van der Waals surface area contributed by atoms with Gasteiger partial charge in [0.05, 0.1) is 13.0 Å². The van der Waals surface area contributed by atoms with Crippen LogP contribution >= 0.6 is 0 Å². The fraction of sp³-hybridized carbons (Fsp3) is 0.545. The molecule has 0 saturated carbocycles. The average Bonchev–Trinajstić information content (AvgIpc) is 2.71. The van der Waals surface area contributed by atoms with E-state index >= 15 is 0 Å². The van der Waals surface area contributed by atoms with Gasteiger partial charge < -0.3 is 15.4 Å². The molecule has 0 bridgehead atoms. The summed E-state index contributed by atoms with van der Waals surface area (Å²) in [6, 6.07) is 0. The lowest BCUT2D eigenvalue weighted by molar-refractivity contribution is -0.145. The van der Waals surface area contributed by atoms with Crippen molar-refractivity contribution in [3.63, 3.8) is 0 Å². The molecule has 1 saturated heterocycles. The molecule has 6 nitrogen and oxygen atoms in total. The van der Waals surface area contributed by atoms with Gasteiger partial charge in [-0.3, -0.25) is 4.79 Å². The van der Waals surface area contributed by atoms with Crippen LogP contribution in [0.2, 0.25) is 0 Å². The van der Waals surface area contributed by atoms with Crippen LogP contribution in [0.15, 0.2) is 12.4 Å². The molecule has 0 radical (unpaired) electrons. The number of anilines is 2. The number of hydrogen-bond donors (Lipinski definition) is 1. The number of nitrogens with two attached hydrogens (primary N) is 1. The van der Waals surface area contributed by atoms with Crippen LogP contribution in [0, 0.1) is 11.8 Å². The van der Waals surface area contributed by atoms with E-state index in [1.807, 2.05) is 11.8 Å². The quantitative estimate of drug-likeness (QED) is 0.744. The molecule has 2 rings (SSSR count). The molecular formula is C11H16N4O2. The molecular weight excluding hydrogens is 220 g/mol. The van der Waals surface area contributed by atoms with Gasteiger partial charge in [0.15, 0.2) is 11.6 Å². The maximum absolute atomic E-state index is 11.6. The molecule has 2 N–H and O–H groups in total. The summed E-state index contributed by atoms with van der Waals surface area (Å²) in [5.74, 6) is 0.962. The molecule has 0 spiro atoms. The van der Waals surface area contributed by atoms with Crippen molar-refractivity contribution in [1.82, 2.24) is 9.97 Å². The first-order valence-corrected chi connectivity index (χ1v) is 5.52. The van der Waals surface area contributed by atoms with E-state index in [2.05, 4.69) is 9.97 Å². The third-order valence-electron chi connectivity index (χ3n) is 3.12. The molecule has 2 atom stereocenters. The highest BCUT2D eigenvalue weighted by Gasteiger charge is 2.36. The van der Waals surface area contributed by atoms with Crippen molar-refractivity contribution in [3.05, 3.63) is 12.4 Å². The number of carbonyl (C=O) groups excluding carboxylic acids is 1. The van der Waals surface area contributed by atoms with Crippen molar-refractivity contribution in [2.24, 2.45) is 11.8 Å². The van der Waals surface area contributed by atoms with Crippen LogP contribution in [0.4, 0.5) is 11.6 Å². The van der Waals surface area contributed by atoms with Crippen LogP contribution in [0.1, 0.15) is 6.92 Å². The lowest BCUT2D eigenvalue weighted by Gasteiger charge is -2.17. The van der Waals surface area contributed by atoms with E-state index in [0.29, 0.717) is 18.2 Å². The van der Waals surface area contributed by atoms with Crippen molar-refractivity contribution < 1.29 is 9.53 Å². The summed E-state index contributed by atoms with van der Waals surface area (Å²) in [6.07, 6.45) is 3.15.